The summed E-state index contributed by atoms with van der Waals surface area (Å²) in [5.74, 6) is 0. The van der Waals surface area contributed by atoms with Crippen LogP contribution in [0.15, 0.2) is 0 Å². The summed E-state index contributed by atoms with van der Waals surface area (Å²) in [6, 6.07) is 1.16. The van der Waals surface area contributed by atoms with Crippen LogP contribution in [0.1, 0.15) is 41.0 Å². The maximum absolute atomic E-state index is 3.45. The van der Waals surface area contributed by atoms with Gasteiger partial charge in [0.1, 0.15) is 0 Å². The molecule has 0 amide bonds. The first-order chi connectivity index (χ1) is 5.06. The summed E-state index contributed by atoms with van der Waals surface area (Å²) in [4.78, 5) is 0. The Morgan fingerprint density at radius 3 is 1.91 bits per heavy atom. The van der Waals surface area contributed by atoms with Gasteiger partial charge < -0.3 is 0 Å². The Kier molecular flexibility index (Phi) is 5.51. The summed E-state index contributed by atoms with van der Waals surface area (Å²) >= 11 is 0. The molecule has 0 heterocycles. The van der Waals surface area contributed by atoms with Gasteiger partial charge in [0, 0.05) is 12.1 Å². The van der Waals surface area contributed by atoms with Gasteiger partial charge >= 0.3 is 0 Å². The van der Waals surface area contributed by atoms with Gasteiger partial charge in [0.05, 0.1) is 6.17 Å². The van der Waals surface area contributed by atoms with Gasteiger partial charge in [-0.25, -0.2) is 0 Å². The number of hydrogen-bond acceptors (Lipinski definition) is 2. The Morgan fingerprint density at radius 1 is 1.00 bits per heavy atom. The van der Waals surface area contributed by atoms with Crippen LogP contribution in [0.3, 0.4) is 0 Å². The molecular formula is C9H22N2. The summed E-state index contributed by atoms with van der Waals surface area (Å²) in [7, 11) is 0. The molecule has 0 bridgehead atoms. The van der Waals surface area contributed by atoms with Crippen molar-refractivity contribution in [3.8, 4) is 0 Å². The van der Waals surface area contributed by atoms with Crippen molar-refractivity contribution in [3.05, 3.63) is 0 Å². The lowest BCUT2D eigenvalue weighted by atomic mass is 10.2. The maximum Gasteiger partial charge on any atom is 0.0546 e. The average Bonchev–Trinajstić information content (AvgIpc) is 1.85. The average molecular weight is 158 g/mol. The van der Waals surface area contributed by atoms with E-state index in [1.807, 2.05) is 0 Å². The van der Waals surface area contributed by atoms with E-state index in [1.165, 1.54) is 6.42 Å². The molecule has 0 spiro atoms. The highest BCUT2D eigenvalue weighted by molar-refractivity contribution is 4.65. The quantitative estimate of drug-likeness (QED) is 0.595. The molecule has 2 nitrogen and oxygen atoms in total. The Labute approximate surface area is 70.8 Å². The largest absolute Gasteiger partial charge is 0.300 e. The topological polar surface area (TPSA) is 24.1 Å². The van der Waals surface area contributed by atoms with Crippen LogP contribution in [-0.4, -0.2) is 18.2 Å². The third-order valence-corrected chi connectivity index (χ3v) is 1.73. The summed E-state index contributed by atoms with van der Waals surface area (Å²) in [6.45, 7) is 10.9. The van der Waals surface area contributed by atoms with Crippen LogP contribution in [0.25, 0.3) is 0 Å². The van der Waals surface area contributed by atoms with Crippen molar-refractivity contribution in [1.29, 1.82) is 0 Å². The molecule has 0 saturated heterocycles. The fourth-order valence-corrected chi connectivity index (χ4v) is 1.09. The fourth-order valence-electron chi connectivity index (χ4n) is 1.09. The van der Waals surface area contributed by atoms with E-state index in [0.717, 1.165) is 0 Å². The lowest BCUT2D eigenvalue weighted by Gasteiger charge is -2.21. The van der Waals surface area contributed by atoms with E-state index in [9.17, 15) is 0 Å². The van der Waals surface area contributed by atoms with Crippen molar-refractivity contribution < 1.29 is 0 Å². The molecule has 2 unspecified atom stereocenters. The van der Waals surface area contributed by atoms with Gasteiger partial charge in [-0.05, 0) is 34.1 Å². The van der Waals surface area contributed by atoms with Gasteiger partial charge in [-0.15, -0.1) is 0 Å². The van der Waals surface area contributed by atoms with E-state index in [0.29, 0.717) is 18.2 Å². The van der Waals surface area contributed by atoms with Gasteiger partial charge in [-0.2, -0.15) is 0 Å². The molecule has 0 aromatic carbocycles. The van der Waals surface area contributed by atoms with E-state index < -0.39 is 0 Å². The molecule has 2 heteroatoms. The van der Waals surface area contributed by atoms with Crippen molar-refractivity contribution in [2.45, 2.75) is 59.3 Å². The van der Waals surface area contributed by atoms with Crippen molar-refractivity contribution >= 4 is 0 Å². The standard InChI is InChI=1S/C9H22N2/c1-6-8(4)11-9(5)10-7(2)3/h7-11H,6H2,1-5H3. The summed E-state index contributed by atoms with van der Waals surface area (Å²) in [5, 5.41) is 6.85. The Balaban J connectivity index is 3.43. The number of nitrogens with one attached hydrogen (secondary N) is 2. The van der Waals surface area contributed by atoms with Crippen LogP contribution in [0.5, 0.6) is 0 Å². The molecule has 2 N–H and O–H groups in total. The normalized spacial score (nSPS) is 16.9. The van der Waals surface area contributed by atoms with Crippen molar-refractivity contribution in [3.63, 3.8) is 0 Å². The molecule has 0 aromatic rings. The number of hydrogen-bond donors (Lipinski definition) is 2. The van der Waals surface area contributed by atoms with Crippen LogP contribution >= 0.6 is 0 Å². The Bertz CT molecular complexity index is 91.6. The van der Waals surface area contributed by atoms with Crippen molar-refractivity contribution in [2.24, 2.45) is 0 Å². The molecule has 0 rings (SSSR count). The lowest BCUT2D eigenvalue weighted by molar-refractivity contribution is 0.374. The minimum atomic E-state index is 0.421. The lowest BCUT2D eigenvalue weighted by Crippen LogP contribution is -2.46. The smallest absolute Gasteiger partial charge is 0.0546 e. The van der Waals surface area contributed by atoms with Gasteiger partial charge in [0.2, 0.25) is 0 Å². The van der Waals surface area contributed by atoms with E-state index >= 15 is 0 Å². The van der Waals surface area contributed by atoms with Crippen LogP contribution < -0.4 is 10.6 Å². The molecule has 0 aliphatic rings. The Morgan fingerprint density at radius 2 is 1.55 bits per heavy atom. The molecule has 68 valence electrons. The second kappa shape index (κ2) is 5.56. The fraction of sp³-hybridized carbons (Fsp3) is 1.00. The first-order valence-corrected chi connectivity index (χ1v) is 4.58. The molecular weight excluding hydrogens is 136 g/mol. The zero-order valence-corrected chi connectivity index (χ0v) is 8.44. The summed E-state index contributed by atoms with van der Waals surface area (Å²) in [6.07, 6.45) is 1.61. The molecule has 0 fully saturated rings. The van der Waals surface area contributed by atoms with Gasteiger partial charge in [-0.3, -0.25) is 10.6 Å². The van der Waals surface area contributed by atoms with Crippen molar-refractivity contribution in [2.75, 3.05) is 0 Å². The molecule has 11 heavy (non-hydrogen) atoms. The van der Waals surface area contributed by atoms with Crippen LogP contribution in [0, 0.1) is 0 Å². The molecule has 0 aliphatic heterocycles. The number of rotatable bonds is 5. The predicted molar refractivity (Wildman–Crippen MR) is 50.6 cm³/mol. The Hall–Kier alpha value is -0.0800. The second-order valence-electron chi connectivity index (χ2n) is 3.52. The SMILES string of the molecule is CCC(C)NC(C)NC(C)C. The molecule has 2 atom stereocenters. The van der Waals surface area contributed by atoms with E-state index in [-0.39, 0.29) is 0 Å². The zero-order chi connectivity index (χ0) is 8.85. The maximum atomic E-state index is 3.45. The van der Waals surface area contributed by atoms with Crippen LogP contribution in [0.2, 0.25) is 0 Å². The van der Waals surface area contributed by atoms with Crippen LogP contribution in [0.4, 0.5) is 0 Å². The third kappa shape index (κ3) is 6.32. The monoisotopic (exact) mass is 158 g/mol. The van der Waals surface area contributed by atoms with E-state index in [1.54, 1.807) is 0 Å². The first kappa shape index (κ1) is 10.9. The van der Waals surface area contributed by atoms with Gasteiger partial charge in [0.25, 0.3) is 0 Å². The van der Waals surface area contributed by atoms with Gasteiger partial charge in [0.15, 0.2) is 0 Å². The highest BCUT2D eigenvalue weighted by atomic mass is 15.1. The minimum absolute atomic E-state index is 0.421. The predicted octanol–water partition coefficient (Wildman–Crippen LogP) is 1.72. The first-order valence-electron chi connectivity index (χ1n) is 4.58. The summed E-state index contributed by atoms with van der Waals surface area (Å²) in [5.41, 5.74) is 0. The van der Waals surface area contributed by atoms with E-state index in [4.69, 9.17) is 0 Å². The zero-order valence-electron chi connectivity index (χ0n) is 8.44. The third-order valence-electron chi connectivity index (χ3n) is 1.73. The molecule has 0 saturated carbocycles. The summed E-state index contributed by atoms with van der Waals surface area (Å²) < 4.78 is 0. The van der Waals surface area contributed by atoms with E-state index in [2.05, 4.69) is 45.3 Å². The molecule has 0 aliphatic carbocycles. The molecule has 0 radical (unpaired) electrons. The highest BCUT2D eigenvalue weighted by Gasteiger charge is 2.04. The second-order valence-corrected chi connectivity index (χ2v) is 3.52. The van der Waals surface area contributed by atoms with Gasteiger partial charge in [-0.1, -0.05) is 6.92 Å². The molecule has 0 aromatic heterocycles. The highest BCUT2D eigenvalue weighted by Crippen LogP contribution is 1.90. The van der Waals surface area contributed by atoms with Crippen molar-refractivity contribution in [1.82, 2.24) is 10.6 Å². The minimum Gasteiger partial charge on any atom is -0.300 e. The van der Waals surface area contributed by atoms with Crippen LogP contribution in [-0.2, 0) is 0 Å².